The van der Waals surface area contributed by atoms with Crippen molar-refractivity contribution in [1.82, 2.24) is 0 Å². The van der Waals surface area contributed by atoms with E-state index in [9.17, 15) is 9.59 Å². The molecule has 0 bridgehead atoms. The SMILES string of the molecule is CCC(CC)C(=O)Oc1c(OC)cc(C(=O)O)cc1OC. The number of rotatable bonds is 7. The van der Waals surface area contributed by atoms with E-state index < -0.39 is 5.97 Å². The average molecular weight is 296 g/mol. The van der Waals surface area contributed by atoms with Crippen LogP contribution in [0, 0.1) is 5.92 Å². The van der Waals surface area contributed by atoms with E-state index in [2.05, 4.69) is 0 Å². The molecule has 0 fully saturated rings. The zero-order valence-corrected chi connectivity index (χ0v) is 12.6. The third-order valence-electron chi connectivity index (χ3n) is 3.23. The first-order valence-electron chi connectivity index (χ1n) is 6.69. The Morgan fingerprint density at radius 2 is 1.57 bits per heavy atom. The van der Waals surface area contributed by atoms with E-state index >= 15 is 0 Å². The number of benzene rings is 1. The van der Waals surface area contributed by atoms with Gasteiger partial charge in [-0.3, -0.25) is 4.79 Å². The standard InChI is InChI=1S/C15H20O6/c1-5-9(6-2)15(18)21-13-11(19-3)7-10(14(16)17)8-12(13)20-4/h7-9H,5-6H2,1-4H3,(H,16,17). The van der Waals surface area contributed by atoms with Gasteiger partial charge in [0.2, 0.25) is 5.75 Å². The zero-order valence-electron chi connectivity index (χ0n) is 12.6. The number of carboxylic acids is 1. The third kappa shape index (κ3) is 3.87. The maximum Gasteiger partial charge on any atom is 0.335 e. The second-order valence-corrected chi connectivity index (χ2v) is 4.45. The molecule has 0 aliphatic heterocycles. The molecule has 6 nitrogen and oxygen atoms in total. The second kappa shape index (κ2) is 7.52. The summed E-state index contributed by atoms with van der Waals surface area (Å²) in [5.74, 6) is -1.35. The molecule has 0 saturated carbocycles. The van der Waals surface area contributed by atoms with Gasteiger partial charge in [0.05, 0.1) is 25.7 Å². The van der Waals surface area contributed by atoms with Crippen LogP contribution >= 0.6 is 0 Å². The number of esters is 1. The van der Waals surface area contributed by atoms with Crippen molar-refractivity contribution in [2.75, 3.05) is 14.2 Å². The van der Waals surface area contributed by atoms with Crippen molar-refractivity contribution in [3.05, 3.63) is 17.7 Å². The van der Waals surface area contributed by atoms with Crippen LogP contribution in [0.4, 0.5) is 0 Å². The molecule has 1 N–H and O–H groups in total. The summed E-state index contributed by atoms with van der Waals surface area (Å²) in [5.41, 5.74) is -0.00830. The lowest BCUT2D eigenvalue weighted by molar-refractivity contribution is -0.139. The van der Waals surface area contributed by atoms with Crippen LogP contribution in [0.25, 0.3) is 0 Å². The number of carboxylic acid groups (broad SMARTS) is 1. The Labute approximate surface area is 123 Å². The molecule has 0 unspecified atom stereocenters. The summed E-state index contributed by atoms with van der Waals surface area (Å²) in [4.78, 5) is 23.1. The number of carbonyl (C=O) groups is 2. The fourth-order valence-electron chi connectivity index (χ4n) is 1.91. The Morgan fingerprint density at radius 3 is 1.90 bits per heavy atom. The Bertz CT molecular complexity index is 494. The van der Waals surface area contributed by atoms with Crippen LogP contribution in [0.2, 0.25) is 0 Å². The molecule has 116 valence electrons. The second-order valence-electron chi connectivity index (χ2n) is 4.45. The lowest BCUT2D eigenvalue weighted by Crippen LogP contribution is -2.20. The predicted octanol–water partition coefficient (Wildman–Crippen LogP) is 2.74. The van der Waals surface area contributed by atoms with Gasteiger partial charge >= 0.3 is 11.9 Å². The van der Waals surface area contributed by atoms with Crippen molar-refractivity contribution < 1.29 is 28.9 Å². The summed E-state index contributed by atoms with van der Waals surface area (Å²) < 4.78 is 15.6. The van der Waals surface area contributed by atoms with Gasteiger partial charge in [0.25, 0.3) is 0 Å². The first kappa shape index (κ1) is 16.8. The van der Waals surface area contributed by atoms with Crippen LogP contribution in [0.3, 0.4) is 0 Å². The minimum Gasteiger partial charge on any atom is -0.493 e. The quantitative estimate of drug-likeness (QED) is 0.615. The first-order chi connectivity index (χ1) is 9.98. The maximum atomic E-state index is 12.1. The molecule has 0 atom stereocenters. The van der Waals surface area contributed by atoms with Gasteiger partial charge in [-0.2, -0.15) is 0 Å². The molecule has 0 aliphatic carbocycles. The molecule has 0 spiro atoms. The van der Waals surface area contributed by atoms with Gasteiger partial charge in [-0.15, -0.1) is 0 Å². The molecule has 0 radical (unpaired) electrons. The summed E-state index contributed by atoms with van der Waals surface area (Å²) in [7, 11) is 2.74. The highest BCUT2D eigenvalue weighted by Crippen LogP contribution is 2.39. The van der Waals surface area contributed by atoms with Crippen molar-refractivity contribution in [3.8, 4) is 17.2 Å². The Kier molecular flexibility index (Phi) is 6.02. The van der Waals surface area contributed by atoms with Crippen molar-refractivity contribution in [3.63, 3.8) is 0 Å². The number of ether oxygens (including phenoxy) is 3. The third-order valence-corrected chi connectivity index (χ3v) is 3.23. The van der Waals surface area contributed by atoms with E-state index in [1.54, 1.807) is 0 Å². The fraction of sp³-hybridized carbons (Fsp3) is 0.467. The Balaban J connectivity index is 3.21. The van der Waals surface area contributed by atoms with E-state index in [0.717, 1.165) is 0 Å². The number of aromatic carboxylic acids is 1. The largest absolute Gasteiger partial charge is 0.493 e. The molecule has 0 saturated heterocycles. The molecule has 0 aliphatic rings. The van der Waals surface area contributed by atoms with Crippen LogP contribution in [-0.4, -0.2) is 31.3 Å². The van der Waals surface area contributed by atoms with Crippen LogP contribution in [0.1, 0.15) is 37.0 Å². The monoisotopic (exact) mass is 296 g/mol. The van der Waals surface area contributed by atoms with Crippen molar-refractivity contribution in [2.24, 2.45) is 5.92 Å². The molecule has 1 aromatic rings. The van der Waals surface area contributed by atoms with Gasteiger partial charge in [0.1, 0.15) is 0 Å². The highest BCUT2D eigenvalue weighted by Gasteiger charge is 2.23. The first-order valence-corrected chi connectivity index (χ1v) is 6.69. The lowest BCUT2D eigenvalue weighted by Gasteiger charge is -2.16. The topological polar surface area (TPSA) is 82.1 Å². The highest BCUT2D eigenvalue weighted by molar-refractivity contribution is 5.90. The molecule has 0 heterocycles. The molecule has 0 amide bonds. The molecule has 6 heteroatoms. The van der Waals surface area contributed by atoms with E-state index in [-0.39, 0.29) is 34.7 Å². The van der Waals surface area contributed by atoms with Crippen molar-refractivity contribution in [1.29, 1.82) is 0 Å². The lowest BCUT2D eigenvalue weighted by atomic mass is 10.0. The molecular formula is C15H20O6. The summed E-state index contributed by atoms with van der Waals surface area (Å²) >= 11 is 0. The van der Waals surface area contributed by atoms with Gasteiger partial charge in [-0.05, 0) is 25.0 Å². The van der Waals surface area contributed by atoms with Crippen molar-refractivity contribution >= 4 is 11.9 Å². The van der Waals surface area contributed by atoms with E-state index in [4.69, 9.17) is 19.3 Å². The van der Waals surface area contributed by atoms with Crippen LogP contribution in [0.15, 0.2) is 12.1 Å². The van der Waals surface area contributed by atoms with Crippen LogP contribution in [-0.2, 0) is 4.79 Å². The molecule has 1 aromatic carbocycles. The van der Waals surface area contributed by atoms with E-state index in [1.807, 2.05) is 13.8 Å². The van der Waals surface area contributed by atoms with Gasteiger partial charge in [0.15, 0.2) is 11.5 Å². The summed E-state index contributed by atoms with van der Waals surface area (Å²) in [6, 6.07) is 2.58. The zero-order chi connectivity index (χ0) is 16.0. The molecule has 0 aromatic heterocycles. The molecular weight excluding hydrogens is 276 g/mol. The number of hydrogen-bond acceptors (Lipinski definition) is 5. The Hall–Kier alpha value is -2.24. The minimum absolute atomic E-state index is 0.00830. The minimum atomic E-state index is -1.12. The summed E-state index contributed by atoms with van der Waals surface area (Å²) in [6.45, 7) is 3.80. The van der Waals surface area contributed by atoms with E-state index in [1.165, 1.54) is 26.4 Å². The number of methoxy groups -OCH3 is 2. The van der Waals surface area contributed by atoms with Gasteiger partial charge < -0.3 is 19.3 Å². The average Bonchev–Trinajstić information content (AvgIpc) is 2.48. The van der Waals surface area contributed by atoms with Crippen LogP contribution in [0.5, 0.6) is 17.2 Å². The summed E-state index contributed by atoms with van der Waals surface area (Å²) in [6.07, 6.45) is 1.32. The number of carbonyl (C=O) groups excluding carboxylic acids is 1. The van der Waals surface area contributed by atoms with Gasteiger partial charge in [0, 0.05) is 0 Å². The molecule has 21 heavy (non-hydrogen) atoms. The van der Waals surface area contributed by atoms with Gasteiger partial charge in [-0.1, -0.05) is 13.8 Å². The van der Waals surface area contributed by atoms with Crippen LogP contribution < -0.4 is 14.2 Å². The maximum absolute atomic E-state index is 12.1. The summed E-state index contributed by atoms with van der Waals surface area (Å²) in [5, 5.41) is 9.04. The molecule has 1 rings (SSSR count). The fourth-order valence-corrected chi connectivity index (χ4v) is 1.91. The smallest absolute Gasteiger partial charge is 0.335 e. The van der Waals surface area contributed by atoms with Crippen molar-refractivity contribution in [2.45, 2.75) is 26.7 Å². The van der Waals surface area contributed by atoms with Gasteiger partial charge in [-0.25, -0.2) is 4.79 Å². The van der Waals surface area contributed by atoms with E-state index in [0.29, 0.717) is 12.8 Å². The normalized spacial score (nSPS) is 10.3. The number of hydrogen-bond donors (Lipinski definition) is 1. The predicted molar refractivity (Wildman–Crippen MR) is 76.2 cm³/mol. The highest BCUT2D eigenvalue weighted by atomic mass is 16.6. The Morgan fingerprint density at radius 1 is 1.10 bits per heavy atom.